The first-order valence-corrected chi connectivity index (χ1v) is 12.9. The van der Waals surface area contributed by atoms with Gasteiger partial charge in [-0.3, -0.25) is 14.4 Å². The van der Waals surface area contributed by atoms with Crippen LogP contribution in [0.15, 0.2) is 71.7 Å². The number of aryl methyl sites for hydroxylation is 1. The number of nitrogens with one attached hydrogen (secondary N) is 1. The Morgan fingerprint density at radius 1 is 1.05 bits per heavy atom. The number of aliphatic imine (C=N–C) groups is 1. The number of nitrogens with two attached hydrogens (primary N) is 1. The Hall–Kier alpha value is -4.01. The van der Waals surface area contributed by atoms with Crippen molar-refractivity contribution in [3.8, 4) is 11.4 Å². The molecule has 9 heteroatoms. The van der Waals surface area contributed by atoms with Gasteiger partial charge in [0.15, 0.2) is 5.82 Å². The smallest absolute Gasteiger partial charge is 0.222 e. The number of amides is 1. The predicted octanol–water partition coefficient (Wildman–Crippen LogP) is 4.69. The molecule has 1 unspecified atom stereocenters. The summed E-state index contributed by atoms with van der Waals surface area (Å²) in [5, 5.41) is 12.3. The van der Waals surface area contributed by atoms with Crippen molar-refractivity contribution in [2.75, 3.05) is 6.54 Å². The van der Waals surface area contributed by atoms with Crippen molar-refractivity contribution in [2.24, 2.45) is 10.7 Å². The van der Waals surface area contributed by atoms with E-state index < -0.39 is 6.04 Å². The highest BCUT2D eigenvalue weighted by atomic mass is 35.5. The Kier molecular flexibility index (Phi) is 7.53. The Bertz CT molecular complexity index is 1480. The van der Waals surface area contributed by atoms with Gasteiger partial charge < -0.3 is 15.8 Å². The zero-order valence-electron chi connectivity index (χ0n) is 21.3. The zero-order valence-corrected chi connectivity index (χ0v) is 22.1. The molecule has 1 aliphatic heterocycles. The van der Waals surface area contributed by atoms with Gasteiger partial charge >= 0.3 is 0 Å². The topological polar surface area (TPSA) is 107 Å². The van der Waals surface area contributed by atoms with Crippen LogP contribution in [0.3, 0.4) is 0 Å². The van der Waals surface area contributed by atoms with E-state index in [1.165, 1.54) is 0 Å². The van der Waals surface area contributed by atoms with E-state index in [4.69, 9.17) is 27.1 Å². The first kappa shape index (κ1) is 25.6. The molecule has 8 nitrogen and oxygen atoms in total. The highest BCUT2D eigenvalue weighted by Gasteiger charge is 2.30. The van der Waals surface area contributed by atoms with Gasteiger partial charge in [-0.05, 0) is 55.3 Å². The van der Waals surface area contributed by atoms with Crippen molar-refractivity contribution in [1.82, 2.24) is 20.1 Å². The van der Waals surface area contributed by atoms with Gasteiger partial charge in [0.2, 0.25) is 5.91 Å². The third-order valence-electron chi connectivity index (χ3n) is 6.43. The second-order valence-corrected chi connectivity index (χ2v) is 9.52. The number of halogens is 1. The summed E-state index contributed by atoms with van der Waals surface area (Å²) < 4.78 is 8.16. The van der Waals surface area contributed by atoms with Crippen LogP contribution in [0, 0.1) is 6.92 Å². The normalized spacial score (nSPS) is 14.2. The predicted molar refractivity (Wildman–Crippen MR) is 148 cm³/mol. The van der Waals surface area contributed by atoms with Crippen molar-refractivity contribution in [1.29, 1.82) is 0 Å². The van der Waals surface area contributed by atoms with Gasteiger partial charge in [-0.25, -0.2) is 0 Å². The minimum atomic E-state index is -0.522. The van der Waals surface area contributed by atoms with E-state index in [1.807, 2.05) is 85.1 Å². The third-order valence-corrected chi connectivity index (χ3v) is 6.68. The molecule has 5 rings (SSSR count). The fraction of sp³-hybridized carbons (Fsp3) is 0.241. The molecular weight excluding hydrogens is 500 g/mol. The van der Waals surface area contributed by atoms with Gasteiger partial charge in [0, 0.05) is 29.2 Å². The molecule has 3 aromatic carbocycles. The van der Waals surface area contributed by atoms with Crippen molar-refractivity contribution in [2.45, 2.75) is 39.5 Å². The number of carbonyl (C=O) groups is 1. The molecule has 1 aromatic heterocycles. The monoisotopic (exact) mass is 528 g/mol. The fourth-order valence-electron chi connectivity index (χ4n) is 4.52. The molecule has 1 aliphatic rings. The lowest BCUT2D eigenvalue weighted by molar-refractivity contribution is -0.121. The molecule has 1 atom stereocenters. The molecular formula is C29H29ClN6O2. The SMILES string of the molecule is CCNC(=O)CC1N=C(c2ccc(Cl)cc2)c2cc(OCc3ccc(CN)cc3)ccc2-n2c(C)nnc21. The lowest BCUT2D eigenvalue weighted by Gasteiger charge is -2.15. The molecule has 4 aromatic rings. The van der Waals surface area contributed by atoms with E-state index >= 15 is 0 Å². The van der Waals surface area contributed by atoms with Gasteiger partial charge in [-0.1, -0.05) is 48.0 Å². The number of aromatic nitrogens is 3. The average molecular weight is 529 g/mol. The van der Waals surface area contributed by atoms with Crippen molar-refractivity contribution in [3.05, 3.63) is 106 Å². The Balaban J connectivity index is 1.58. The van der Waals surface area contributed by atoms with Crippen LogP contribution >= 0.6 is 11.6 Å². The summed E-state index contributed by atoms with van der Waals surface area (Å²) >= 11 is 6.19. The Morgan fingerprint density at radius 2 is 1.79 bits per heavy atom. The van der Waals surface area contributed by atoms with Gasteiger partial charge in [0.25, 0.3) is 0 Å². The molecule has 38 heavy (non-hydrogen) atoms. The quantitative estimate of drug-likeness (QED) is 0.345. The van der Waals surface area contributed by atoms with E-state index in [9.17, 15) is 4.79 Å². The van der Waals surface area contributed by atoms with Gasteiger partial charge in [-0.2, -0.15) is 0 Å². The van der Waals surface area contributed by atoms with Crippen LogP contribution in [0.5, 0.6) is 5.75 Å². The highest BCUT2D eigenvalue weighted by molar-refractivity contribution is 6.30. The summed E-state index contributed by atoms with van der Waals surface area (Å²) in [6.45, 7) is 5.25. The molecule has 0 aliphatic carbocycles. The summed E-state index contributed by atoms with van der Waals surface area (Å²) in [4.78, 5) is 17.7. The van der Waals surface area contributed by atoms with E-state index in [1.54, 1.807) is 0 Å². The van der Waals surface area contributed by atoms with Crippen LogP contribution in [0.1, 0.15) is 53.3 Å². The number of hydrogen-bond donors (Lipinski definition) is 2. The van der Waals surface area contributed by atoms with E-state index in [0.717, 1.165) is 33.7 Å². The summed E-state index contributed by atoms with van der Waals surface area (Å²) in [7, 11) is 0. The number of rotatable bonds is 8. The molecule has 0 radical (unpaired) electrons. The summed E-state index contributed by atoms with van der Waals surface area (Å²) in [6.07, 6.45) is 0.152. The first-order chi connectivity index (χ1) is 18.5. The molecule has 0 saturated heterocycles. The Labute approximate surface area is 226 Å². The average Bonchev–Trinajstić information content (AvgIpc) is 3.25. The third kappa shape index (κ3) is 5.32. The number of carbonyl (C=O) groups excluding carboxylic acids is 1. The van der Waals surface area contributed by atoms with Crippen LogP contribution in [-0.2, 0) is 17.9 Å². The highest BCUT2D eigenvalue weighted by Crippen LogP contribution is 2.34. The molecule has 0 fully saturated rings. The standard InChI is InChI=1S/C29H29ClN6O2/c1-3-32-27(37)15-25-29-35-34-18(2)36(29)26-13-12-23(38-17-20-6-4-19(16-31)5-7-20)14-24(26)28(33-25)21-8-10-22(30)11-9-21/h4-14,25H,3,15-17,31H2,1-2H3,(H,32,37). The number of ether oxygens (including phenoxy) is 1. The minimum Gasteiger partial charge on any atom is -0.489 e. The molecule has 1 amide bonds. The molecule has 3 N–H and O–H groups in total. The van der Waals surface area contributed by atoms with Crippen molar-refractivity contribution < 1.29 is 9.53 Å². The van der Waals surface area contributed by atoms with Crippen LogP contribution in [-0.4, -0.2) is 32.9 Å². The molecule has 0 saturated carbocycles. The maximum atomic E-state index is 12.6. The number of nitrogens with zero attached hydrogens (tertiary/aromatic N) is 4. The Morgan fingerprint density at radius 3 is 2.50 bits per heavy atom. The van der Waals surface area contributed by atoms with Gasteiger partial charge in [-0.15, -0.1) is 10.2 Å². The van der Waals surface area contributed by atoms with Crippen LogP contribution in [0.25, 0.3) is 5.69 Å². The van der Waals surface area contributed by atoms with Crippen molar-refractivity contribution >= 4 is 23.2 Å². The lowest BCUT2D eigenvalue weighted by Crippen LogP contribution is -2.25. The van der Waals surface area contributed by atoms with Gasteiger partial charge in [0.1, 0.15) is 24.2 Å². The number of benzene rings is 3. The maximum Gasteiger partial charge on any atom is 0.222 e. The lowest BCUT2D eigenvalue weighted by atomic mass is 10.00. The fourth-order valence-corrected chi connectivity index (χ4v) is 4.65. The summed E-state index contributed by atoms with van der Waals surface area (Å²) in [5.74, 6) is 1.93. The van der Waals surface area contributed by atoms with Crippen LogP contribution < -0.4 is 15.8 Å². The molecule has 0 bridgehead atoms. The van der Waals surface area contributed by atoms with E-state index in [-0.39, 0.29) is 12.3 Å². The summed E-state index contributed by atoms with van der Waals surface area (Å²) in [6, 6.07) is 21.0. The van der Waals surface area contributed by atoms with Crippen LogP contribution in [0.4, 0.5) is 0 Å². The molecule has 0 spiro atoms. The zero-order chi connectivity index (χ0) is 26.6. The second kappa shape index (κ2) is 11.2. The van der Waals surface area contributed by atoms with Crippen LogP contribution in [0.2, 0.25) is 5.02 Å². The summed E-state index contributed by atoms with van der Waals surface area (Å²) in [5.41, 5.74) is 11.2. The van der Waals surface area contributed by atoms with E-state index in [0.29, 0.717) is 42.1 Å². The largest absolute Gasteiger partial charge is 0.489 e. The minimum absolute atomic E-state index is 0.0976. The van der Waals surface area contributed by atoms with E-state index in [2.05, 4.69) is 15.5 Å². The second-order valence-electron chi connectivity index (χ2n) is 9.09. The van der Waals surface area contributed by atoms with Gasteiger partial charge in [0.05, 0.1) is 17.8 Å². The first-order valence-electron chi connectivity index (χ1n) is 12.5. The molecule has 194 valence electrons. The number of hydrogen-bond acceptors (Lipinski definition) is 6. The van der Waals surface area contributed by atoms with Crippen molar-refractivity contribution in [3.63, 3.8) is 0 Å². The molecule has 2 heterocycles. The maximum absolute atomic E-state index is 12.6. The number of fused-ring (bicyclic) bond motifs is 3.